The van der Waals surface area contributed by atoms with Crippen molar-refractivity contribution in [3.63, 3.8) is 0 Å². The fourth-order valence-electron chi connectivity index (χ4n) is 3.51. The van der Waals surface area contributed by atoms with Crippen molar-refractivity contribution in [2.45, 2.75) is 58.5 Å². The minimum absolute atomic E-state index is 0.572. The van der Waals surface area contributed by atoms with Crippen LogP contribution in [0.25, 0.3) is 0 Å². The van der Waals surface area contributed by atoms with E-state index >= 15 is 0 Å². The Morgan fingerprint density at radius 1 is 1.25 bits per heavy atom. The van der Waals surface area contributed by atoms with Crippen LogP contribution in [0.1, 0.15) is 52.4 Å². The van der Waals surface area contributed by atoms with Crippen molar-refractivity contribution in [1.29, 1.82) is 0 Å². The lowest BCUT2D eigenvalue weighted by Gasteiger charge is -2.33. The third kappa shape index (κ3) is 6.11. The topological polar surface area (TPSA) is 24.5 Å². The molecule has 2 aliphatic heterocycles. The summed E-state index contributed by atoms with van der Waals surface area (Å²) >= 11 is 0. The van der Waals surface area contributed by atoms with Crippen molar-refractivity contribution in [2.75, 3.05) is 39.3 Å². The molecule has 20 heavy (non-hydrogen) atoms. The van der Waals surface area contributed by atoms with Gasteiger partial charge in [0.15, 0.2) is 0 Å². The van der Waals surface area contributed by atoms with E-state index in [1.54, 1.807) is 0 Å². The first-order valence-electron chi connectivity index (χ1n) is 8.78. The number of nitrogens with one attached hydrogen (secondary N) is 1. The molecule has 3 heteroatoms. The minimum atomic E-state index is 0.572. The van der Waals surface area contributed by atoms with Crippen LogP contribution in [0.2, 0.25) is 0 Å². The third-order valence-corrected chi connectivity index (χ3v) is 4.61. The van der Waals surface area contributed by atoms with Crippen molar-refractivity contribution >= 4 is 0 Å². The zero-order chi connectivity index (χ0) is 14.2. The molecule has 0 aromatic heterocycles. The molecule has 0 aliphatic carbocycles. The lowest BCUT2D eigenvalue weighted by molar-refractivity contribution is 0.0950. The molecule has 2 fully saturated rings. The van der Waals surface area contributed by atoms with Gasteiger partial charge in [0, 0.05) is 13.2 Å². The predicted molar refractivity (Wildman–Crippen MR) is 85.1 cm³/mol. The van der Waals surface area contributed by atoms with E-state index in [2.05, 4.69) is 24.1 Å². The summed E-state index contributed by atoms with van der Waals surface area (Å²) in [5.74, 6) is 1.63. The first-order valence-corrected chi connectivity index (χ1v) is 8.78. The number of likely N-dealkylation sites (tertiary alicyclic amines) is 1. The van der Waals surface area contributed by atoms with Crippen molar-refractivity contribution in [3.8, 4) is 0 Å². The van der Waals surface area contributed by atoms with Gasteiger partial charge in [-0.25, -0.2) is 0 Å². The Balaban J connectivity index is 1.55. The van der Waals surface area contributed by atoms with Gasteiger partial charge >= 0.3 is 0 Å². The van der Waals surface area contributed by atoms with Gasteiger partial charge in [-0.2, -0.15) is 0 Å². The van der Waals surface area contributed by atoms with E-state index in [0.717, 1.165) is 25.0 Å². The van der Waals surface area contributed by atoms with Crippen LogP contribution in [-0.4, -0.2) is 50.3 Å². The van der Waals surface area contributed by atoms with Crippen molar-refractivity contribution in [3.05, 3.63) is 0 Å². The van der Waals surface area contributed by atoms with Crippen LogP contribution in [-0.2, 0) is 4.74 Å². The van der Waals surface area contributed by atoms with Crippen molar-refractivity contribution in [2.24, 2.45) is 11.8 Å². The van der Waals surface area contributed by atoms with Gasteiger partial charge in [0.2, 0.25) is 0 Å². The highest BCUT2D eigenvalue weighted by Gasteiger charge is 2.20. The lowest BCUT2D eigenvalue weighted by Crippen LogP contribution is -2.40. The van der Waals surface area contributed by atoms with E-state index in [1.165, 1.54) is 64.7 Å². The summed E-state index contributed by atoms with van der Waals surface area (Å²) in [5, 5.41) is 3.63. The Labute approximate surface area is 125 Å². The van der Waals surface area contributed by atoms with Gasteiger partial charge in [0.05, 0.1) is 6.10 Å². The molecule has 2 unspecified atom stereocenters. The highest BCUT2D eigenvalue weighted by atomic mass is 16.5. The van der Waals surface area contributed by atoms with Crippen LogP contribution < -0.4 is 5.32 Å². The summed E-state index contributed by atoms with van der Waals surface area (Å²) in [4.78, 5) is 2.68. The van der Waals surface area contributed by atoms with Crippen LogP contribution in [0.3, 0.4) is 0 Å². The quantitative estimate of drug-likeness (QED) is 0.741. The molecule has 0 aromatic carbocycles. The SMILES string of the molecule is CC(C)CNCC1CCCN(CCCC2CCCO2)C1. The summed E-state index contributed by atoms with van der Waals surface area (Å²) in [5.41, 5.74) is 0. The highest BCUT2D eigenvalue weighted by Crippen LogP contribution is 2.19. The maximum Gasteiger partial charge on any atom is 0.0576 e. The molecule has 118 valence electrons. The smallest absolute Gasteiger partial charge is 0.0576 e. The molecule has 2 rings (SSSR count). The molecule has 0 bridgehead atoms. The standard InChI is InChI=1S/C17H34N2O/c1-15(2)12-18-13-16-6-3-9-19(14-16)10-4-7-17-8-5-11-20-17/h15-18H,3-14H2,1-2H3. The van der Waals surface area contributed by atoms with E-state index < -0.39 is 0 Å². The first kappa shape index (κ1) is 16.3. The van der Waals surface area contributed by atoms with Gasteiger partial charge in [-0.3, -0.25) is 0 Å². The molecule has 2 saturated heterocycles. The first-order chi connectivity index (χ1) is 9.74. The Bertz CT molecular complexity index is 251. The molecule has 0 radical (unpaired) electrons. The second kappa shape index (κ2) is 9.01. The maximum atomic E-state index is 5.71. The van der Waals surface area contributed by atoms with Crippen LogP contribution in [0.5, 0.6) is 0 Å². The number of piperidine rings is 1. The van der Waals surface area contributed by atoms with Crippen molar-refractivity contribution < 1.29 is 4.74 Å². The molecule has 2 heterocycles. The fourth-order valence-corrected chi connectivity index (χ4v) is 3.51. The van der Waals surface area contributed by atoms with Crippen LogP contribution in [0.15, 0.2) is 0 Å². The highest BCUT2D eigenvalue weighted by molar-refractivity contribution is 4.75. The summed E-state index contributed by atoms with van der Waals surface area (Å²) < 4.78 is 5.71. The summed E-state index contributed by atoms with van der Waals surface area (Å²) in [6.45, 7) is 11.8. The predicted octanol–water partition coefficient (Wildman–Crippen LogP) is 2.90. The normalized spacial score (nSPS) is 28.4. The summed E-state index contributed by atoms with van der Waals surface area (Å²) in [6, 6.07) is 0. The molecule has 0 amide bonds. The largest absolute Gasteiger partial charge is 0.378 e. The van der Waals surface area contributed by atoms with Gasteiger partial charge in [0.25, 0.3) is 0 Å². The molecule has 0 saturated carbocycles. The molecule has 2 atom stereocenters. The zero-order valence-corrected chi connectivity index (χ0v) is 13.6. The molecule has 0 spiro atoms. The van der Waals surface area contributed by atoms with Gasteiger partial charge in [0.1, 0.15) is 0 Å². The van der Waals surface area contributed by atoms with Crippen LogP contribution >= 0.6 is 0 Å². The van der Waals surface area contributed by atoms with Gasteiger partial charge < -0.3 is 15.0 Å². The number of ether oxygens (including phenoxy) is 1. The number of rotatable bonds is 8. The van der Waals surface area contributed by atoms with E-state index in [9.17, 15) is 0 Å². The fraction of sp³-hybridized carbons (Fsp3) is 1.00. The average molecular weight is 282 g/mol. The van der Waals surface area contributed by atoms with Crippen molar-refractivity contribution in [1.82, 2.24) is 10.2 Å². The average Bonchev–Trinajstić information content (AvgIpc) is 2.92. The molecule has 2 aliphatic rings. The molecule has 0 aromatic rings. The third-order valence-electron chi connectivity index (χ3n) is 4.61. The number of hydrogen-bond acceptors (Lipinski definition) is 3. The minimum Gasteiger partial charge on any atom is -0.378 e. The van der Waals surface area contributed by atoms with E-state index in [4.69, 9.17) is 4.74 Å². The Morgan fingerprint density at radius 2 is 2.15 bits per heavy atom. The molecular weight excluding hydrogens is 248 g/mol. The molecule has 3 nitrogen and oxygen atoms in total. The Kier molecular flexibility index (Phi) is 7.32. The zero-order valence-electron chi connectivity index (χ0n) is 13.6. The summed E-state index contributed by atoms with van der Waals surface area (Å²) in [6.07, 6.45) is 8.52. The van der Waals surface area contributed by atoms with E-state index in [1.807, 2.05) is 0 Å². The van der Waals surface area contributed by atoms with Gasteiger partial charge in [-0.15, -0.1) is 0 Å². The summed E-state index contributed by atoms with van der Waals surface area (Å²) in [7, 11) is 0. The Hall–Kier alpha value is -0.120. The number of hydrogen-bond donors (Lipinski definition) is 1. The van der Waals surface area contributed by atoms with E-state index in [-0.39, 0.29) is 0 Å². The van der Waals surface area contributed by atoms with Crippen LogP contribution in [0, 0.1) is 11.8 Å². The monoisotopic (exact) mass is 282 g/mol. The number of nitrogens with zero attached hydrogens (tertiary/aromatic N) is 1. The lowest BCUT2D eigenvalue weighted by atomic mass is 9.97. The molecular formula is C17H34N2O. The maximum absolute atomic E-state index is 5.71. The van der Waals surface area contributed by atoms with E-state index in [0.29, 0.717) is 6.10 Å². The van der Waals surface area contributed by atoms with Gasteiger partial charge in [-0.05, 0) is 76.5 Å². The van der Waals surface area contributed by atoms with Gasteiger partial charge in [-0.1, -0.05) is 13.8 Å². The second-order valence-electron chi connectivity index (χ2n) is 7.14. The second-order valence-corrected chi connectivity index (χ2v) is 7.14. The van der Waals surface area contributed by atoms with Crippen LogP contribution in [0.4, 0.5) is 0 Å². The Morgan fingerprint density at radius 3 is 2.90 bits per heavy atom. The molecule has 1 N–H and O–H groups in total.